The molecular weight excluding hydrogens is 377 g/mol. The maximum absolute atomic E-state index is 14.2. The third-order valence-electron chi connectivity index (χ3n) is 5.05. The van der Waals surface area contributed by atoms with Crippen LogP contribution in [0.15, 0.2) is 36.4 Å². The van der Waals surface area contributed by atoms with E-state index < -0.39 is 23.5 Å². The lowest BCUT2D eigenvalue weighted by Gasteiger charge is -2.14. The van der Waals surface area contributed by atoms with Gasteiger partial charge in [-0.05, 0) is 31.9 Å². The molecule has 1 unspecified atom stereocenters. The summed E-state index contributed by atoms with van der Waals surface area (Å²) in [5.41, 5.74) is 3.53. The average molecular weight is 399 g/mol. The minimum Gasteiger partial charge on any atom is -0.505 e. The fraction of sp³-hybridized carbons (Fsp3) is 0.273. The molecule has 2 N–H and O–H groups in total. The largest absolute Gasteiger partial charge is 0.505 e. The number of carbonyl (C=O) groups is 1. The Morgan fingerprint density at radius 2 is 1.86 bits per heavy atom. The van der Waals surface area contributed by atoms with Gasteiger partial charge >= 0.3 is 5.97 Å². The molecule has 0 amide bonds. The number of carboxylic acid groups (broad SMARTS) is 1. The summed E-state index contributed by atoms with van der Waals surface area (Å²) in [4.78, 5) is 12.4. The molecule has 28 heavy (non-hydrogen) atoms. The molecule has 2 aromatic carbocycles. The number of carboxylic acids is 1. The maximum atomic E-state index is 14.2. The van der Waals surface area contributed by atoms with Crippen LogP contribution in [0.2, 0.25) is 0 Å². The molecule has 3 aromatic rings. The Kier molecular flexibility index (Phi) is 5.52. The molecule has 3 rings (SSSR count). The quantitative estimate of drug-likeness (QED) is 0.572. The Labute approximate surface area is 168 Å². The van der Waals surface area contributed by atoms with Gasteiger partial charge in [-0.2, -0.15) is 0 Å². The normalized spacial score (nSPS) is 12.3. The number of aliphatic carboxylic acids is 1. The van der Waals surface area contributed by atoms with E-state index in [1.807, 2.05) is 38.1 Å². The molecule has 6 heteroatoms. The molecule has 4 nitrogen and oxygen atoms in total. The van der Waals surface area contributed by atoms with Crippen LogP contribution in [-0.4, -0.2) is 25.7 Å². The zero-order valence-electron chi connectivity index (χ0n) is 16.0. The highest BCUT2D eigenvalue weighted by Gasteiger charge is 2.28. The van der Waals surface area contributed by atoms with Crippen molar-refractivity contribution < 1.29 is 19.4 Å². The molecule has 1 atom stereocenters. The van der Waals surface area contributed by atoms with Crippen LogP contribution in [0.1, 0.15) is 48.1 Å². The highest BCUT2D eigenvalue weighted by molar-refractivity contribution is 7.80. The molecule has 0 aliphatic carbocycles. The molecular formula is C22H22FNO3S. The lowest BCUT2D eigenvalue weighted by molar-refractivity contribution is -0.139. The van der Waals surface area contributed by atoms with Crippen molar-refractivity contribution >= 4 is 34.1 Å². The lowest BCUT2D eigenvalue weighted by Crippen LogP contribution is -2.15. The fourth-order valence-corrected chi connectivity index (χ4v) is 4.03. The van der Waals surface area contributed by atoms with Gasteiger partial charge in [0.15, 0.2) is 11.6 Å². The highest BCUT2D eigenvalue weighted by Crippen LogP contribution is 2.37. The molecule has 0 spiro atoms. The van der Waals surface area contributed by atoms with Crippen molar-refractivity contribution in [1.82, 2.24) is 4.57 Å². The van der Waals surface area contributed by atoms with Crippen LogP contribution in [-0.2, 0) is 4.79 Å². The topological polar surface area (TPSA) is 62.5 Å². The Hall–Kier alpha value is -2.73. The van der Waals surface area contributed by atoms with E-state index in [9.17, 15) is 19.4 Å². The van der Waals surface area contributed by atoms with Crippen molar-refractivity contribution in [3.8, 4) is 5.75 Å². The van der Waals surface area contributed by atoms with E-state index in [1.165, 1.54) is 12.1 Å². The molecule has 0 radical (unpaired) electrons. The zero-order chi connectivity index (χ0) is 20.6. The van der Waals surface area contributed by atoms with E-state index in [0.717, 1.165) is 11.1 Å². The summed E-state index contributed by atoms with van der Waals surface area (Å²) in [6.07, 6.45) is 1.11. The first-order valence-electron chi connectivity index (χ1n) is 9.13. The van der Waals surface area contributed by atoms with Gasteiger partial charge in [-0.3, -0.25) is 4.79 Å². The number of rotatable bonds is 5. The van der Waals surface area contributed by atoms with Gasteiger partial charge in [0.05, 0.1) is 11.4 Å². The Morgan fingerprint density at radius 1 is 1.21 bits per heavy atom. The van der Waals surface area contributed by atoms with Crippen LogP contribution in [0.3, 0.4) is 0 Å². The predicted molar refractivity (Wildman–Crippen MR) is 112 cm³/mol. The standard InChI is InChI=1S/C22H22FNO3S/c1-4-5-15(22(26)27)20-13(3)24(18-11-17(23)19(25)10-16(18)20)21(28)14-8-6-12(2)7-9-14/h6-11,15,25H,4-5H2,1-3H3,(H,26,27). The first-order chi connectivity index (χ1) is 13.3. The minimum absolute atomic E-state index is 0.435. The van der Waals surface area contributed by atoms with Gasteiger partial charge in [0.1, 0.15) is 4.99 Å². The van der Waals surface area contributed by atoms with Crippen molar-refractivity contribution in [2.24, 2.45) is 0 Å². The molecule has 0 fully saturated rings. The van der Waals surface area contributed by atoms with Crippen LogP contribution in [0.25, 0.3) is 10.9 Å². The highest BCUT2D eigenvalue weighted by atomic mass is 32.1. The predicted octanol–water partition coefficient (Wildman–Crippen LogP) is 5.29. The van der Waals surface area contributed by atoms with Gasteiger partial charge in [-0.15, -0.1) is 0 Å². The number of hydrogen-bond acceptors (Lipinski definition) is 3. The third-order valence-corrected chi connectivity index (χ3v) is 5.47. The summed E-state index contributed by atoms with van der Waals surface area (Å²) in [5.74, 6) is -2.99. The average Bonchev–Trinajstić information content (AvgIpc) is 2.91. The number of nitrogens with zero attached hydrogens (tertiary/aromatic N) is 1. The Balaban J connectivity index is 2.32. The third kappa shape index (κ3) is 3.40. The molecule has 0 saturated carbocycles. The Morgan fingerprint density at radius 3 is 2.43 bits per heavy atom. The van der Waals surface area contributed by atoms with E-state index in [4.69, 9.17) is 12.2 Å². The van der Waals surface area contributed by atoms with Crippen molar-refractivity contribution in [2.45, 2.75) is 39.5 Å². The second-order valence-corrected chi connectivity index (χ2v) is 7.39. The zero-order valence-corrected chi connectivity index (χ0v) is 16.8. The lowest BCUT2D eigenvalue weighted by atomic mass is 9.92. The summed E-state index contributed by atoms with van der Waals surface area (Å²) in [6.45, 7) is 5.68. The SMILES string of the molecule is CCCC(C(=O)O)c1c(C)n(C(=S)c2ccc(C)cc2)c2cc(F)c(O)cc12. The summed E-state index contributed by atoms with van der Waals surface area (Å²) in [7, 11) is 0. The van der Waals surface area contributed by atoms with Gasteiger partial charge < -0.3 is 14.8 Å². The molecule has 0 aliphatic heterocycles. The number of benzene rings is 2. The van der Waals surface area contributed by atoms with Gasteiger partial charge in [0.2, 0.25) is 0 Å². The number of thiocarbonyl (C=S) groups is 1. The number of hydrogen-bond donors (Lipinski definition) is 2. The van der Waals surface area contributed by atoms with Gasteiger partial charge in [-0.25, -0.2) is 4.39 Å². The van der Waals surface area contributed by atoms with Gasteiger partial charge in [0, 0.05) is 22.7 Å². The summed E-state index contributed by atoms with van der Waals surface area (Å²) < 4.78 is 15.9. The maximum Gasteiger partial charge on any atom is 0.311 e. The molecule has 0 aliphatic rings. The number of phenolic OH excluding ortho intramolecular Hbond substituents is 1. The number of halogens is 1. The van der Waals surface area contributed by atoms with E-state index in [2.05, 4.69) is 0 Å². The van der Waals surface area contributed by atoms with E-state index in [0.29, 0.717) is 40.0 Å². The second kappa shape index (κ2) is 7.72. The minimum atomic E-state index is -0.950. The van der Waals surface area contributed by atoms with Crippen LogP contribution in [0.5, 0.6) is 5.75 Å². The first-order valence-corrected chi connectivity index (χ1v) is 9.54. The van der Waals surface area contributed by atoms with Crippen LogP contribution < -0.4 is 0 Å². The van der Waals surface area contributed by atoms with Gasteiger partial charge in [-0.1, -0.05) is 55.4 Å². The van der Waals surface area contributed by atoms with Crippen molar-refractivity contribution in [1.29, 1.82) is 0 Å². The van der Waals surface area contributed by atoms with Crippen molar-refractivity contribution in [2.75, 3.05) is 0 Å². The van der Waals surface area contributed by atoms with E-state index in [-0.39, 0.29) is 0 Å². The van der Waals surface area contributed by atoms with E-state index in [1.54, 1.807) is 11.5 Å². The van der Waals surface area contributed by atoms with Crippen LogP contribution in [0, 0.1) is 19.7 Å². The molecule has 0 saturated heterocycles. The number of fused-ring (bicyclic) bond motifs is 1. The Bertz CT molecular complexity index is 1070. The van der Waals surface area contributed by atoms with Crippen LogP contribution >= 0.6 is 12.2 Å². The molecule has 0 bridgehead atoms. The number of aromatic hydroxyl groups is 1. The molecule has 1 heterocycles. The monoisotopic (exact) mass is 399 g/mol. The van der Waals surface area contributed by atoms with Crippen molar-refractivity contribution in [3.63, 3.8) is 0 Å². The summed E-state index contributed by atoms with van der Waals surface area (Å²) >= 11 is 5.68. The summed E-state index contributed by atoms with van der Waals surface area (Å²) in [5, 5.41) is 20.2. The van der Waals surface area contributed by atoms with Gasteiger partial charge in [0.25, 0.3) is 0 Å². The molecule has 1 aromatic heterocycles. The number of phenols is 1. The number of aryl methyl sites for hydroxylation is 1. The second-order valence-electron chi connectivity index (χ2n) is 7.01. The van der Waals surface area contributed by atoms with Crippen LogP contribution in [0.4, 0.5) is 4.39 Å². The number of aromatic nitrogens is 1. The fourth-order valence-electron chi connectivity index (χ4n) is 3.65. The summed E-state index contributed by atoms with van der Waals surface area (Å²) in [6, 6.07) is 10.2. The molecule has 146 valence electrons. The first kappa shape index (κ1) is 20.0. The van der Waals surface area contributed by atoms with E-state index >= 15 is 0 Å². The van der Waals surface area contributed by atoms with Crippen molar-refractivity contribution in [3.05, 3.63) is 64.6 Å². The smallest absolute Gasteiger partial charge is 0.311 e.